The molecule has 0 aliphatic heterocycles. The fraction of sp³-hybridized carbons (Fsp3) is 0.444. The summed E-state index contributed by atoms with van der Waals surface area (Å²) in [6, 6.07) is 1.47. The van der Waals surface area contributed by atoms with Crippen molar-refractivity contribution in [1.29, 1.82) is 0 Å². The van der Waals surface area contributed by atoms with Crippen molar-refractivity contribution >= 4 is 11.9 Å². The summed E-state index contributed by atoms with van der Waals surface area (Å²) in [6.45, 7) is 1.68. The highest BCUT2D eigenvalue weighted by Gasteiger charge is 2.52. The number of hydrogen-bond donors (Lipinski definition) is 2. The van der Waals surface area contributed by atoms with Gasteiger partial charge in [-0.05, 0) is 19.8 Å². The van der Waals surface area contributed by atoms with Gasteiger partial charge in [0.15, 0.2) is 0 Å². The van der Waals surface area contributed by atoms with Crippen molar-refractivity contribution < 1.29 is 19.2 Å². The van der Waals surface area contributed by atoms with Crippen LogP contribution < -0.4 is 5.32 Å². The van der Waals surface area contributed by atoms with Crippen molar-refractivity contribution in [2.45, 2.75) is 25.3 Å². The molecule has 1 aliphatic carbocycles. The number of aliphatic carboxylic acids is 1. The Bertz CT molecular complexity index is 420. The molecule has 15 heavy (non-hydrogen) atoms. The van der Waals surface area contributed by atoms with E-state index in [0.29, 0.717) is 18.5 Å². The van der Waals surface area contributed by atoms with E-state index in [1.54, 1.807) is 6.92 Å². The number of rotatable bonds is 3. The number of aromatic nitrogens is 1. The fourth-order valence-corrected chi connectivity index (χ4v) is 1.27. The molecule has 0 radical (unpaired) electrons. The van der Waals surface area contributed by atoms with Crippen LogP contribution in [0, 0.1) is 6.92 Å². The third-order valence-electron chi connectivity index (χ3n) is 2.36. The average molecular weight is 210 g/mol. The maximum Gasteiger partial charge on any atom is 0.329 e. The molecule has 6 heteroatoms. The van der Waals surface area contributed by atoms with E-state index in [4.69, 9.17) is 9.63 Å². The minimum Gasteiger partial charge on any atom is -0.480 e. The van der Waals surface area contributed by atoms with E-state index >= 15 is 0 Å². The molecule has 80 valence electrons. The summed E-state index contributed by atoms with van der Waals surface area (Å²) in [7, 11) is 0. The van der Waals surface area contributed by atoms with E-state index in [-0.39, 0.29) is 5.76 Å². The second-order valence-electron chi connectivity index (χ2n) is 3.67. The lowest BCUT2D eigenvalue weighted by Gasteiger charge is -2.09. The molecule has 0 spiro atoms. The summed E-state index contributed by atoms with van der Waals surface area (Å²) >= 11 is 0. The topological polar surface area (TPSA) is 92.4 Å². The van der Waals surface area contributed by atoms with E-state index in [1.807, 2.05) is 0 Å². The third-order valence-corrected chi connectivity index (χ3v) is 2.36. The highest BCUT2D eigenvalue weighted by Crippen LogP contribution is 2.35. The first kappa shape index (κ1) is 9.70. The zero-order chi connectivity index (χ0) is 11.1. The lowest BCUT2D eigenvalue weighted by molar-refractivity contribution is -0.140. The second kappa shape index (κ2) is 3.08. The van der Waals surface area contributed by atoms with Crippen molar-refractivity contribution in [3.63, 3.8) is 0 Å². The quantitative estimate of drug-likeness (QED) is 0.749. The molecule has 1 aromatic rings. The van der Waals surface area contributed by atoms with Crippen LogP contribution in [0.5, 0.6) is 0 Å². The van der Waals surface area contributed by atoms with Crippen LogP contribution in [-0.4, -0.2) is 27.7 Å². The molecule has 0 aromatic carbocycles. The molecule has 0 bridgehead atoms. The van der Waals surface area contributed by atoms with Gasteiger partial charge < -0.3 is 14.9 Å². The van der Waals surface area contributed by atoms with Gasteiger partial charge in [-0.3, -0.25) is 4.79 Å². The minimum absolute atomic E-state index is 0.0417. The highest BCUT2D eigenvalue weighted by atomic mass is 16.5. The van der Waals surface area contributed by atoms with E-state index < -0.39 is 17.4 Å². The first-order valence-electron chi connectivity index (χ1n) is 4.53. The smallest absolute Gasteiger partial charge is 0.329 e. The Hall–Kier alpha value is -1.85. The van der Waals surface area contributed by atoms with Gasteiger partial charge in [0.05, 0.1) is 5.69 Å². The molecule has 1 aromatic heterocycles. The first-order valence-corrected chi connectivity index (χ1v) is 4.53. The van der Waals surface area contributed by atoms with Crippen molar-refractivity contribution in [3.05, 3.63) is 17.5 Å². The Morgan fingerprint density at radius 2 is 2.27 bits per heavy atom. The Morgan fingerprint density at radius 1 is 1.60 bits per heavy atom. The van der Waals surface area contributed by atoms with Gasteiger partial charge >= 0.3 is 5.97 Å². The lowest BCUT2D eigenvalue weighted by Crippen LogP contribution is -2.42. The van der Waals surface area contributed by atoms with Crippen LogP contribution in [0.15, 0.2) is 10.6 Å². The number of carboxylic acids is 1. The van der Waals surface area contributed by atoms with Gasteiger partial charge in [0.25, 0.3) is 5.91 Å². The van der Waals surface area contributed by atoms with Gasteiger partial charge in [-0.25, -0.2) is 4.79 Å². The van der Waals surface area contributed by atoms with E-state index in [0.717, 1.165) is 0 Å². The largest absolute Gasteiger partial charge is 0.480 e. The number of carbonyl (C=O) groups excluding carboxylic acids is 1. The zero-order valence-electron chi connectivity index (χ0n) is 8.11. The van der Waals surface area contributed by atoms with Gasteiger partial charge in [-0.15, -0.1) is 0 Å². The zero-order valence-corrected chi connectivity index (χ0v) is 8.11. The van der Waals surface area contributed by atoms with Gasteiger partial charge in [-0.1, -0.05) is 5.16 Å². The van der Waals surface area contributed by atoms with E-state index in [9.17, 15) is 9.59 Å². The van der Waals surface area contributed by atoms with Gasteiger partial charge in [-0.2, -0.15) is 0 Å². The number of nitrogens with zero attached hydrogens (tertiary/aromatic N) is 1. The number of nitrogens with one attached hydrogen (secondary N) is 1. The van der Waals surface area contributed by atoms with E-state index in [2.05, 4.69) is 10.5 Å². The van der Waals surface area contributed by atoms with Crippen LogP contribution in [-0.2, 0) is 4.79 Å². The molecule has 0 unspecified atom stereocenters. The Kier molecular flexibility index (Phi) is 1.99. The van der Waals surface area contributed by atoms with Crippen LogP contribution in [0.25, 0.3) is 0 Å². The molecular weight excluding hydrogens is 200 g/mol. The number of aryl methyl sites for hydroxylation is 1. The molecule has 2 N–H and O–H groups in total. The van der Waals surface area contributed by atoms with E-state index in [1.165, 1.54) is 6.07 Å². The molecule has 0 saturated heterocycles. The maximum atomic E-state index is 11.5. The first-order chi connectivity index (χ1) is 7.03. The third kappa shape index (κ3) is 1.70. The number of carbonyl (C=O) groups is 2. The van der Waals surface area contributed by atoms with Crippen molar-refractivity contribution in [2.75, 3.05) is 0 Å². The normalized spacial score (nSPS) is 17.1. The number of amides is 1. The molecule has 0 atom stereocenters. The average Bonchev–Trinajstić information content (AvgIpc) is 2.82. The van der Waals surface area contributed by atoms with Crippen LogP contribution in [0.3, 0.4) is 0 Å². The van der Waals surface area contributed by atoms with Gasteiger partial charge in [0.1, 0.15) is 5.54 Å². The van der Waals surface area contributed by atoms with Crippen LogP contribution in [0.2, 0.25) is 0 Å². The van der Waals surface area contributed by atoms with Crippen LogP contribution >= 0.6 is 0 Å². The summed E-state index contributed by atoms with van der Waals surface area (Å²) in [4.78, 5) is 22.3. The van der Waals surface area contributed by atoms with Crippen molar-refractivity contribution in [3.8, 4) is 0 Å². The molecule has 1 aliphatic rings. The minimum atomic E-state index is -1.09. The second-order valence-corrected chi connectivity index (χ2v) is 3.67. The molecule has 6 nitrogen and oxygen atoms in total. The predicted molar refractivity (Wildman–Crippen MR) is 48.3 cm³/mol. The van der Waals surface area contributed by atoms with Crippen LogP contribution in [0.4, 0.5) is 0 Å². The highest BCUT2D eigenvalue weighted by molar-refractivity contribution is 5.97. The maximum absolute atomic E-state index is 11.5. The van der Waals surface area contributed by atoms with Gasteiger partial charge in [0, 0.05) is 6.07 Å². The Labute approximate surface area is 85.2 Å². The lowest BCUT2D eigenvalue weighted by atomic mass is 10.2. The summed E-state index contributed by atoms with van der Waals surface area (Å²) in [5.41, 5.74) is -0.502. The Balaban J connectivity index is 2.08. The molecule has 1 heterocycles. The van der Waals surface area contributed by atoms with Gasteiger partial charge in [0.2, 0.25) is 5.76 Å². The summed E-state index contributed by atoms with van der Waals surface area (Å²) < 4.78 is 4.72. The Morgan fingerprint density at radius 3 is 2.67 bits per heavy atom. The molecule has 2 rings (SSSR count). The molecular formula is C9H10N2O4. The summed E-state index contributed by atoms with van der Waals surface area (Å²) in [5.74, 6) is -1.50. The standard InChI is InChI=1S/C9H10N2O4/c1-5-4-6(15-11-5)7(12)10-9(2-3-9)8(13)14/h4H,2-3H2,1H3,(H,10,12)(H,13,14). The number of hydrogen-bond acceptors (Lipinski definition) is 4. The predicted octanol–water partition coefficient (Wildman–Crippen LogP) is 0.330. The van der Waals surface area contributed by atoms with Crippen molar-refractivity contribution in [2.24, 2.45) is 0 Å². The number of carboxylic acid groups (broad SMARTS) is 1. The van der Waals surface area contributed by atoms with Crippen molar-refractivity contribution in [1.82, 2.24) is 10.5 Å². The fourth-order valence-electron chi connectivity index (χ4n) is 1.27. The summed E-state index contributed by atoms with van der Waals surface area (Å²) in [6.07, 6.45) is 0.919. The summed E-state index contributed by atoms with van der Waals surface area (Å²) in [5, 5.41) is 14.8. The van der Waals surface area contributed by atoms with Crippen LogP contribution in [0.1, 0.15) is 29.1 Å². The molecule has 1 fully saturated rings. The monoisotopic (exact) mass is 210 g/mol. The molecule has 1 saturated carbocycles. The molecule has 1 amide bonds. The SMILES string of the molecule is Cc1cc(C(=O)NC2(C(=O)O)CC2)on1.